The van der Waals surface area contributed by atoms with Gasteiger partial charge in [-0.2, -0.15) is 0 Å². The standard InChI is InChI=1S/C12H19N3O2/c1-3-5-16-8-11-14-10-4-6-17-7-9(10)12(13-2)15-11/h3-8H2,1-2H3,(H,13,14,15). The third kappa shape index (κ3) is 2.92. The van der Waals surface area contributed by atoms with Crippen LogP contribution in [-0.2, 0) is 29.1 Å². The summed E-state index contributed by atoms with van der Waals surface area (Å²) in [5, 5.41) is 3.10. The molecule has 0 bridgehead atoms. The first-order chi connectivity index (χ1) is 8.35. The molecule has 17 heavy (non-hydrogen) atoms. The molecule has 2 rings (SSSR count). The van der Waals surface area contributed by atoms with Gasteiger partial charge in [-0.15, -0.1) is 0 Å². The van der Waals surface area contributed by atoms with E-state index in [0.717, 1.165) is 49.0 Å². The van der Waals surface area contributed by atoms with Crippen molar-refractivity contribution >= 4 is 5.82 Å². The molecule has 5 nitrogen and oxygen atoms in total. The molecule has 1 aromatic heterocycles. The minimum Gasteiger partial charge on any atom is -0.376 e. The van der Waals surface area contributed by atoms with Gasteiger partial charge in [0.1, 0.15) is 12.4 Å². The lowest BCUT2D eigenvalue weighted by Crippen LogP contribution is -2.17. The quantitative estimate of drug-likeness (QED) is 0.787. The Morgan fingerprint density at radius 2 is 2.29 bits per heavy atom. The van der Waals surface area contributed by atoms with Gasteiger partial charge in [0.2, 0.25) is 0 Å². The molecule has 2 heterocycles. The van der Waals surface area contributed by atoms with E-state index in [9.17, 15) is 0 Å². The van der Waals surface area contributed by atoms with E-state index in [-0.39, 0.29) is 0 Å². The summed E-state index contributed by atoms with van der Waals surface area (Å²) in [6, 6.07) is 0. The maximum Gasteiger partial charge on any atom is 0.156 e. The highest BCUT2D eigenvalue weighted by Gasteiger charge is 2.17. The monoisotopic (exact) mass is 237 g/mol. The number of nitrogens with one attached hydrogen (secondary N) is 1. The van der Waals surface area contributed by atoms with E-state index < -0.39 is 0 Å². The Hall–Kier alpha value is -1.20. The van der Waals surface area contributed by atoms with Crippen LogP contribution in [0.2, 0.25) is 0 Å². The fraction of sp³-hybridized carbons (Fsp3) is 0.667. The van der Waals surface area contributed by atoms with Gasteiger partial charge >= 0.3 is 0 Å². The van der Waals surface area contributed by atoms with E-state index in [4.69, 9.17) is 9.47 Å². The van der Waals surface area contributed by atoms with Crippen LogP contribution in [0.1, 0.15) is 30.4 Å². The summed E-state index contributed by atoms with van der Waals surface area (Å²) in [5.41, 5.74) is 2.17. The van der Waals surface area contributed by atoms with Crippen LogP contribution in [0.25, 0.3) is 0 Å². The second-order valence-corrected chi connectivity index (χ2v) is 4.02. The van der Waals surface area contributed by atoms with Gasteiger partial charge in [0.25, 0.3) is 0 Å². The SMILES string of the molecule is CCCOCc1nc2c(c(NC)n1)COCC2. The predicted molar refractivity (Wildman–Crippen MR) is 64.9 cm³/mol. The molecule has 0 amide bonds. The zero-order valence-corrected chi connectivity index (χ0v) is 10.5. The molecule has 0 aromatic carbocycles. The summed E-state index contributed by atoms with van der Waals surface area (Å²) < 4.78 is 10.9. The molecule has 1 N–H and O–H groups in total. The molecule has 0 atom stereocenters. The van der Waals surface area contributed by atoms with Crippen molar-refractivity contribution in [3.63, 3.8) is 0 Å². The molecule has 1 aliphatic heterocycles. The Labute approximate surface area is 102 Å². The van der Waals surface area contributed by atoms with Crippen molar-refractivity contribution in [2.24, 2.45) is 0 Å². The average Bonchev–Trinajstić information content (AvgIpc) is 2.38. The Morgan fingerprint density at radius 3 is 3.06 bits per heavy atom. The van der Waals surface area contributed by atoms with Gasteiger partial charge in [0.05, 0.1) is 18.9 Å². The zero-order chi connectivity index (χ0) is 12.1. The normalized spacial score (nSPS) is 14.5. The van der Waals surface area contributed by atoms with Crippen molar-refractivity contribution in [1.29, 1.82) is 0 Å². The van der Waals surface area contributed by atoms with Crippen molar-refractivity contribution in [2.75, 3.05) is 25.6 Å². The molecule has 1 aliphatic rings. The highest BCUT2D eigenvalue weighted by Crippen LogP contribution is 2.21. The first-order valence-corrected chi connectivity index (χ1v) is 6.07. The van der Waals surface area contributed by atoms with Crippen molar-refractivity contribution < 1.29 is 9.47 Å². The van der Waals surface area contributed by atoms with Crippen LogP contribution in [0.5, 0.6) is 0 Å². The molecule has 1 aromatic rings. The van der Waals surface area contributed by atoms with Crippen molar-refractivity contribution in [3.8, 4) is 0 Å². The maximum atomic E-state index is 5.48. The summed E-state index contributed by atoms with van der Waals surface area (Å²) >= 11 is 0. The second-order valence-electron chi connectivity index (χ2n) is 4.02. The Kier molecular flexibility index (Phi) is 4.28. The van der Waals surface area contributed by atoms with E-state index in [2.05, 4.69) is 22.2 Å². The number of aromatic nitrogens is 2. The number of nitrogens with zero attached hydrogens (tertiary/aromatic N) is 2. The van der Waals surface area contributed by atoms with Gasteiger partial charge in [-0.1, -0.05) is 6.92 Å². The average molecular weight is 237 g/mol. The molecular weight excluding hydrogens is 218 g/mol. The van der Waals surface area contributed by atoms with Crippen LogP contribution in [0.15, 0.2) is 0 Å². The van der Waals surface area contributed by atoms with Gasteiger partial charge in [-0.3, -0.25) is 0 Å². The third-order valence-electron chi connectivity index (χ3n) is 2.69. The Balaban J connectivity index is 2.17. The number of fused-ring (bicyclic) bond motifs is 1. The minimum absolute atomic E-state index is 0.483. The Bertz CT molecular complexity index is 365. The van der Waals surface area contributed by atoms with E-state index in [0.29, 0.717) is 13.2 Å². The van der Waals surface area contributed by atoms with Gasteiger partial charge in [-0.25, -0.2) is 9.97 Å². The van der Waals surface area contributed by atoms with E-state index >= 15 is 0 Å². The lowest BCUT2D eigenvalue weighted by molar-refractivity contribution is 0.105. The maximum absolute atomic E-state index is 5.48. The van der Waals surface area contributed by atoms with Crippen molar-refractivity contribution in [1.82, 2.24) is 9.97 Å². The van der Waals surface area contributed by atoms with Crippen LogP contribution >= 0.6 is 0 Å². The van der Waals surface area contributed by atoms with Gasteiger partial charge in [0.15, 0.2) is 5.82 Å². The number of hydrogen-bond acceptors (Lipinski definition) is 5. The summed E-state index contributed by atoms with van der Waals surface area (Å²) in [4.78, 5) is 8.99. The van der Waals surface area contributed by atoms with E-state index in [1.807, 2.05) is 7.05 Å². The van der Waals surface area contributed by atoms with Gasteiger partial charge in [-0.05, 0) is 6.42 Å². The fourth-order valence-corrected chi connectivity index (χ4v) is 1.86. The van der Waals surface area contributed by atoms with Crippen molar-refractivity contribution in [2.45, 2.75) is 33.0 Å². The first-order valence-electron chi connectivity index (χ1n) is 6.07. The Morgan fingerprint density at radius 1 is 1.41 bits per heavy atom. The highest BCUT2D eigenvalue weighted by molar-refractivity contribution is 5.46. The predicted octanol–water partition coefficient (Wildman–Crippen LogP) is 1.52. The number of ether oxygens (including phenoxy) is 2. The molecule has 0 spiro atoms. The summed E-state index contributed by atoms with van der Waals surface area (Å²) in [5.74, 6) is 1.62. The molecule has 94 valence electrons. The van der Waals surface area contributed by atoms with Crippen LogP contribution in [0, 0.1) is 0 Å². The molecule has 0 unspecified atom stereocenters. The van der Waals surface area contributed by atoms with Crippen LogP contribution < -0.4 is 5.32 Å². The molecule has 0 saturated carbocycles. The third-order valence-corrected chi connectivity index (χ3v) is 2.69. The lowest BCUT2D eigenvalue weighted by atomic mass is 10.1. The van der Waals surface area contributed by atoms with Gasteiger partial charge < -0.3 is 14.8 Å². The molecule has 0 radical (unpaired) electrons. The van der Waals surface area contributed by atoms with Crippen molar-refractivity contribution in [3.05, 3.63) is 17.1 Å². The van der Waals surface area contributed by atoms with E-state index in [1.165, 1.54) is 0 Å². The van der Waals surface area contributed by atoms with Crippen LogP contribution in [0.4, 0.5) is 5.82 Å². The smallest absolute Gasteiger partial charge is 0.156 e. The summed E-state index contributed by atoms with van der Waals surface area (Å²) in [6.45, 7) is 4.66. The number of rotatable bonds is 5. The fourth-order valence-electron chi connectivity index (χ4n) is 1.86. The summed E-state index contributed by atoms with van der Waals surface area (Å²) in [7, 11) is 1.87. The zero-order valence-electron chi connectivity index (χ0n) is 10.5. The molecule has 0 saturated heterocycles. The number of hydrogen-bond donors (Lipinski definition) is 1. The molecular formula is C12H19N3O2. The first kappa shape index (κ1) is 12.3. The topological polar surface area (TPSA) is 56.3 Å². The highest BCUT2D eigenvalue weighted by atomic mass is 16.5. The minimum atomic E-state index is 0.483. The van der Waals surface area contributed by atoms with Crippen LogP contribution in [0.3, 0.4) is 0 Å². The number of anilines is 1. The molecule has 0 aliphatic carbocycles. The molecule has 0 fully saturated rings. The second kappa shape index (κ2) is 5.93. The van der Waals surface area contributed by atoms with E-state index in [1.54, 1.807) is 0 Å². The summed E-state index contributed by atoms with van der Waals surface area (Å²) in [6.07, 6.45) is 1.87. The largest absolute Gasteiger partial charge is 0.376 e. The van der Waals surface area contributed by atoms with Gasteiger partial charge in [0, 0.05) is 25.6 Å². The van der Waals surface area contributed by atoms with Crippen LogP contribution in [-0.4, -0.2) is 30.2 Å². The molecule has 5 heteroatoms. The lowest BCUT2D eigenvalue weighted by Gasteiger charge is -2.19.